The molecule has 9 heteroatoms. The average molecular weight is 503 g/mol. The summed E-state index contributed by atoms with van der Waals surface area (Å²) in [5.41, 5.74) is 4.72. The molecule has 0 aliphatic rings. The Morgan fingerprint density at radius 2 is 1.61 bits per heavy atom. The minimum Gasteiger partial charge on any atom is -0.435 e. The Kier molecular flexibility index (Phi) is 6.55. The largest absolute Gasteiger partial charge is 0.435 e. The molecular formula is C27H20F2N4O2S. The van der Waals surface area contributed by atoms with Gasteiger partial charge in [0.2, 0.25) is 0 Å². The summed E-state index contributed by atoms with van der Waals surface area (Å²) in [5.74, 6) is -0.257. The number of halogens is 2. The lowest BCUT2D eigenvalue weighted by atomic mass is 10.1. The predicted molar refractivity (Wildman–Crippen MR) is 136 cm³/mol. The van der Waals surface area contributed by atoms with Crippen LogP contribution in [0.25, 0.3) is 28.2 Å². The summed E-state index contributed by atoms with van der Waals surface area (Å²) in [6.07, 6.45) is 0. The molecule has 36 heavy (non-hydrogen) atoms. The van der Waals surface area contributed by atoms with Crippen LogP contribution in [0.1, 0.15) is 16.1 Å². The maximum absolute atomic E-state index is 13.5. The zero-order valence-corrected chi connectivity index (χ0v) is 19.9. The highest BCUT2D eigenvalue weighted by atomic mass is 32.1. The van der Waals surface area contributed by atoms with Gasteiger partial charge in [-0.15, -0.1) is 11.3 Å². The third kappa shape index (κ3) is 4.87. The summed E-state index contributed by atoms with van der Waals surface area (Å²) in [7, 11) is 0. The molecule has 5 rings (SSSR count). The summed E-state index contributed by atoms with van der Waals surface area (Å²) in [6.45, 7) is -1.02. The maximum Gasteiger partial charge on any atom is 0.387 e. The quantitative estimate of drug-likeness (QED) is 0.265. The van der Waals surface area contributed by atoms with Crippen molar-refractivity contribution in [3.8, 4) is 34.0 Å². The van der Waals surface area contributed by atoms with Gasteiger partial charge in [-0.05, 0) is 43.3 Å². The summed E-state index contributed by atoms with van der Waals surface area (Å²) < 4.78 is 30.9. The number of hydrogen-bond acceptors (Lipinski definition) is 5. The lowest BCUT2D eigenvalue weighted by Gasteiger charge is -2.06. The van der Waals surface area contributed by atoms with E-state index in [2.05, 4.69) is 15.0 Å². The Hall–Kier alpha value is -4.37. The summed E-state index contributed by atoms with van der Waals surface area (Å²) >= 11 is 1.27. The molecule has 0 radical (unpaired) electrons. The molecule has 0 saturated heterocycles. The molecule has 0 fully saturated rings. The molecule has 0 aliphatic heterocycles. The van der Waals surface area contributed by atoms with Crippen molar-refractivity contribution in [2.75, 3.05) is 5.32 Å². The molecule has 0 bridgehead atoms. The second-order valence-electron chi connectivity index (χ2n) is 7.82. The number of rotatable bonds is 7. The predicted octanol–water partition coefficient (Wildman–Crippen LogP) is 6.82. The number of carbonyl (C=O) groups excluding carboxylic acids is 1. The number of amides is 1. The highest BCUT2D eigenvalue weighted by Gasteiger charge is 2.24. The van der Waals surface area contributed by atoms with Gasteiger partial charge < -0.3 is 4.74 Å². The van der Waals surface area contributed by atoms with Gasteiger partial charge in [-0.3, -0.25) is 10.1 Å². The van der Waals surface area contributed by atoms with Gasteiger partial charge in [0.05, 0.1) is 22.6 Å². The number of nitrogens with one attached hydrogen (secondary N) is 1. The van der Waals surface area contributed by atoms with Gasteiger partial charge in [0.1, 0.15) is 11.4 Å². The molecule has 1 amide bonds. The van der Waals surface area contributed by atoms with Crippen molar-refractivity contribution in [1.29, 1.82) is 0 Å². The van der Waals surface area contributed by atoms with Crippen LogP contribution in [0.4, 0.5) is 13.9 Å². The van der Waals surface area contributed by atoms with Gasteiger partial charge in [-0.25, -0.2) is 9.67 Å². The maximum atomic E-state index is 13.5. The van der Waals surface area contributed by atoms with E-state index in [0.29, 0.717) is 33.3 Å². The average Bonchev–Trinajstić information content (AvgIpc) is 3.49. The fourth-order valence-corrected chi connectivity index (χ4v) is 4.54. The van der Waals surface area contributed by atoms with Crippen LogP contribution in [0.5, 0.6) is 5.75 Å². The van der Waals surface area contributed by atoms with Crippen molar-refractivity contribution in [2.24, 2.45) is 0 Å². The summed E-state index contributed by atoms with van der Waals surface area (Å²) in [4.78, 5) is 18.0. The van der Waals surface area contributed by atoms with Crippen molar-refractivity contribution in [3.05, 3.63) is 102 Å². The van der Waals surface area contributed by atoms with Crippen molar-refractivity contribution in [2.45, 2.75) is 13.5 Å². The Labute approximate surface area is 209 Å². The first-order chi connectivity index (χ1) is 17.5. The number of ether oxygens (including phenoxy) is 1. The number of nitrogens with zero attached hydrogens (tertiary/aromatic N) is 3. The van der Waals surface area contributed by atoms with Crippen LogP contribution in [0.3, 0.4) is 0 Å². The van der Waals surface area contributed by atoms with Crippen molar-refractivity contribution < 1.29 is 18.3 Å². The zero-order valence-electron chi connectivity index (χ0n) is 19.1. The number of alkyl halides is 2. The first-order valence-corrected chi connectivity index (χ1v) is 11.9. The van der Waals surface area contributed by atoms with Gasteiger partial charge in [0.25, 0.3) is 5.91 Å². The molecule has 3 aromatic carbocycles. The number of hydrogen-bond donors (Lipinski definition) is 1. The number of carbonyl (C=O) groups is 1. The lowest BCUT2D eigenvalue weighted by molar-refractivity contribution is -0.0498. The fraction of sp³-hybridized carbons (Fsp3) is 0.0741. The van der Waals surface area contributed by atoms with E-state index in [1.165, 1.54) is 23.5 Å². The van der Waals surface area contributed by atoms with Crippen LogP contribution in [-0.4, -0.2) is 27.3 Å². The Morgan fingerprint density at radius 1 is 0.944 bits per heavy atom. The highest BCUT2D eigenvalue weighted by Crippen LogP contribution is 2.30. The molecule has 5 aromatic rings. The van der Waals surface area contributed by atoms with E-state index in [4.69, 9.17) is 5.10 Å². The molecule has 2 heterocycles. The number of anilines is 1. The first-order valence-electron chi connectivity index (χ1n) is 11.0. The number of benzene rings is 3. The molecule has 2 aromatic heterocycles. The summed E-state index contributed by atoms with van der Waals surface area (Å²) in [6, 6.07) is 25.3. The van der Waals surface area contributed by atoms with Gasteiger partial charge in [-0.2, -0.15) is 13.9 Å². The van der Waals surface area contributed by atoms with Crippen LogP contribution < -0.4 is 10.1 Å². The fourth-order valence-electron chi connectivity index (χ4n) is 3.82. The molecule has 1 N–H and O–H groups in total. The minimum atomic E-state index is -2.88. The Morgan fingerprint density at radius 3 is 2.28 bits per heavy atom. The van der Waals surface area contributed by atoms with Crippen molar-refractivity contribution >= 4 is 22.4 Å². The van der Waals surface area contributed by atoms with Gasteiger partial charge >= 0.3 is 6.61 Å². The zero-order chi connectivity index (χ0) is 25.1. The Bertz CT molecular complexity index is 1480. The van der Waals surface area contributed by atoms with E-state index in [-0.39, 0.29) is 11.7 Å². The van der Waals surface area contributed by atoms with E-state index < -0.39 is 6.61 Å². The van der Waals surface area contributed by atoms with Crippen molar-refractivity contribution in [3.63, 3.8) is 0 Å². The Balaban J connectivity index is 1.44. The van der Waals surface area contributed by atoms with E-state index in [0.717, 1.165) is 11.3 Å². The van der Waals surface area contributed by atoms with E-state index >= 15 is 0 Å². The topological polar surface area (TPSA) is 69.0 Å². The minimum absolute atomic E-state index is 0.0665. The number of para-hydroxylation sites is 1. The molecule has 0 saturated carbocycles. The van der Waals surface area contributed by atoms with E-state index in [9.17, 15) is 13.6 Å². The molecule has 0 atom stereocenters. The summed E-state index contributed by atoms with van der Waals surface area (Å²) in [5, 5.41) is 9.86. The molecular weight excluding hydrogens is 482 g/mol. The second-order valence-corrected chi connectivity index (χ2v) is 8.68. The molecule has 180 valence electrons. The van der Waals surface area contributed by atoms with Crippen LogP contribution in [0.2, 0.25) is 0 Å². The second kappa shape index (κ2) is 10.1. The SMILES string of the molecule is Cc1c(C(=O)Nc2nc(-c3ccc(OC(F)F)cc3)cs2)c(-c2ccccc2)nn1-c1ccccc1. The molecule has 0 spiro atoms. The smallest absolute Gasteiger partial charge is 0.387 e. The molecule has 0 aliphatic carbocycles. The van der Waals surface area contributed by atoms with Crippen LogP contribution in [0.15, 0.2) is 90.3 Å². The van der Waals surface area contributed by atoms with Crippen LogP contribution in [-0.2, 0) is 0 Å². The van der Waals surface area contributed by atoms with Gasteiger partial charge in [0.15, 0.2) is 5.13 Å². The highest BCUT2D eigenvalue weighted by molar-refractivity contribution is 7.14. The number of aromatic nitrogens is 3. The van der Waals surface area contributed by atoms with E-state index in [1.54, 1.807) is 22.2 Å². The third-order valence-electron chi connectivity index (χ3n) is 5.49. The van der Waals surface area contributed by atoms with Gasteiger partial charge in [0, 0.05) is 16.5 Å². The third-order valence-corrected chi connectivity index (χ3v) is 6.25. The van der Waals surface area contributed by atoms with E-state index in [1.807, 2.05) is 67.6 Å². The lowest BCUT2D eigenvalue weighted by Crippen LogP contribution is -2.14. The molecule has 0 unspecified atom stereocenters. The normalized spacial score (nSPS) is 11.0. The first kappa shape index (κ1) is 23.4. The molecule has 6 nitrogen and oxygen atoms in total. The van der Waals surface area contributed by atoms with Crippen LogP contribution in [0, 0.1) is 6.92 Å². The van der Waals surface area contributed by atoms with Crippen molar-refractivity contribution in [1.82, 2.24) is 14.8 Å². The number of thiazole rings is 1. The standard InChI is InChI=1S/C27H20F2N4O2S/c1-17-23(24(19-8-4-2-5-9-19)32-33(17)20-10-6-3-7-11-20)25(34)31-27-30-22(16-36-27)18-12-14-21(15-13-18)35-26(28)29/h2-16,26H,1H3,(H,30,31,34). The monoisotopic (exact) mass is 502 g/mol. The van der Waals surface area contributed by atoms with Gasteiger partial charge in [-0.1, -0.05) is 48.5 Å². The van der Waals surface area contributed by atoms with Crippen LogP contribution >= 0.6 is 11.3 Å².